The molecule has 224 valence electrons. The van der Waals surface area contributed by atoms with Gasteiger partial charge in [-0.3, -0.25) is 19.3 Å². The van der Waals surface area contributed by atoms with E-state index >= 15 is 0 Å². The number of morpholine rings is 1. The van der Waals surface area contributed by atoms with Crippen LogP contribution in [0.25, 0.3) is 0 Å². The molecule has 6 atom stereocenters. The molecule has 0 aromatic rings. The Kier molecular flexibility index (Phi) is 11.2. The van der Waals surface area contributed by atoms with Gasteiger partial charge in [0.25, 0.3) is 0 Å². The maximum Gasteiger partial charge on any atom is 0.247 e. The van der Waals surface area contributed by atoms with Gasteiger partial charge in [0.1, 0.15) is 6.04 Å². The summed E-state index contributed by atoms with van der Waals surface area (Å²) in [5.74, 6) is -1.15. The minimum absolute atomic E-state index is 0.0419. The van der Waals surface area contributed by atoms with E-state index in [1.807, 2.05) is 4.90 Å². The Bertz CT molecular complexity index is 949. The standard InChI is InChI=1S/C29H45BrN4O5S/c1-4-10-31(3)26(36)22-23-27(37)34(12-8-6-7-9-17-35)25(29(23)20-21(30)24(22)40-29)28(38)33(11-5-2)14-13-32-15-18-39-19-16-32/h4-5,21-25,35H,1-2,6-20H2,3H3/t21?,22-,23-,24-,25?,29?/m0/s1. The van der Waals surface area contributed by atoms with Crippen LogP contribution in [0.3, 0.4) is 0 Å². The summed E-state index contributed by atoms with van der Waals surface area (Å²) in [6.45, 7) is 13.5. The quantitative estimate of drug-likeness (QED) is 0.166. The summed E-state index contributed by atoms with van der Waals surface area (Å²) >= 11 is 5.53. The Morgan fingerprint density at radius 1 is 1.12 bits per heavy atom. The first-order valence-corrected chi connectivity index (χ1v) is 16.4. The molecule has 3 amide bonds. The molecule has 4 aliphatic heterocycles. The molecule has 9 nitrogen and oxygen atoms in total. The molecule has 0 aromatic carbocycles. The summed E-state index contributed by atoms with van der Waals surface area (Å²) in [7, 11) is 1.76. The van der Waals surface area contributed by atoms with Crippen molar-refractivity contribution in [1.29, 1.82) is 0 Å². The molecule has 1 spiro atoms. The average Bonchev–Trinajstić information content (AvgIpc) is 3.54. The maximum absolute atomic E-state index is 14.5. The number of aliphatic hydroxyl groups excluding tert-OH is 1. The van der Waals surface area contributed by atoms with Crippen LogP contribution in [-0.2, 0) is 19.1 Å². The lowest BCUT2D eigenvalue weighted by Gasteiger charge is -2.39. The third-order valence-electron chi connectivity index (χ3n) is 8.85. The Hall–Kier alpha value is -1.40. The minimum atomic E-state index is -0.647. The molecular weight excluding hydrogens is 596 g/mol. The topological polar surface area (TPSA) is 93.6 Å². The van der Waals surface area contributed by atoms with E-state index in [-0.39, 0.29) is 34.4 Å². The van der Waals surface area contributed by atoms with E-state index in [0.29, 0.717) is 45.8 Å². The van der Waals surface area contributed by atoms with E-state index in [4.69, 9.17) is 4.74 Å². The maximum atomic E-state index is 14.5. The number of amides is 3. The van der Waals surface area contributed by atoms with Crippen LogP contribution in [0.5, 0.6) is 0 Å². The largest absolute Gasteiger partial charge is 0.396 e. The predicted octanol–water partition coefficient (Wildman–Crippen LogP) is 1.99. The lowest BCUT2D eigenvalue weighted by Crippen LogP contribution is -2.56. The minimum Gasteiger partial charge on any atom is -0.396 e. The van der Waals surface area contributed by atoms with Crippen LogP contribution in [0.15, 0.2) is 25.3 Å². The number of halogens is 1. The van der Waals surface area contributed by atoms with Crippen molar-refractivity contribution < 1.29 is 24.2 Å². The molecule has 0 saturated carbocycles. The number of aliphatic hydroxyl groups is 1. The smallest absolute Gasteiger partial charge is 0.247 e. The first-order valence-electron chi connectivity index (χ1n) is 14.6. The van der Waals surface area contributed by atoms with Crippen molar-refractivity contribution in [2.75, 3.05) is 72.7 Å². The fourth-order valence-corrected chi connectivity index (χ4v) is 10.5. The van der Waals surface area contributed by atoms with Crippen LogP contribution >= 0.6 is 27.7 Å². The zero-order valence-electron chi connectivity index (χ0n) is 23.7. The molecule has 40 heavy (non-hydrogen) atoms. The second kappa shape index (κ2) is 14.2. The van der Waals surface area contributed by atoms with Gasteiger partial charge in [0.15, 0.2) is 0 Å². The Balaban J connectivity index is 1.63. The summed E-state index contributed by atoms with van der Waals surface area (Å²) in [5, 5.41) is 9.12. The molecule has 4 heterocycles. The summed E-state index contributed by atoms with van der Waals surface area (Å²) in [5.41, 5.74) is 0. The number of ether oxygens (including phenoxy) is 1. The van der Waals surface area contributed by atoms with Gasteiger partial charge in [-0.25, -0.2) is 0 Å². The number of thioether (sulfide) groups is 1. The van der Waals surface area contributed by atoms with Gasteiger partial charge < -0.3 is 24.5 Å². The normalized spacial score (nSPS) is 31.3. The molecular formula is C29H45BrN4O5S. The number of fused-ring (bicyclic) bond motifs is 1. The van der Waals surface area contributed by atoms with E-state index in [1.54, 1.807) is 40.8 Å². The third kappa shape index (κ3) is 6.19. The molecule has 4 rings (SSSR count). The highest BCUT2D eigenvalue weighted by Gasteiger charge is 2.75. The van der Waals surface area contributed by atoms with Gasteiger partial charge in [-0.15, -0.1) is 24.9 Å². The van der Waals surface area contributed by atoms with E-state index in [1.165, 1.54) is 0 Å². The second-order valence-corrected chi connectivity index (χ2v) is 14.1. The van der Waals surface area contributed by atoms with E-state index in [9.17, 15) is 19.5 Å². The Morgan fingerprint density at radius 3 is 2.50 bits per heavy atom. The monoisotopic (exact) mass is 640 g/mol. The number of alkyl halides is 1. The number of likely N-dealkylation sites (N-methyl/N-ethyl adjacent to an activating group) is 1. The molecule has 1 N–H and O–H groups in total. The molecule has 4 fully saturated rings. The van der Waals surface area contributed by atoms with Gasteiger partial charge in [0, 0.05) is 69.5 Å². The van der Waals surface area contributed by atoms with Crippen molar-refractivity contribution in [3.63, 3.8) is 0 Å². The van der Waals surface area contributed by atoms with Crippen molar-refractivity contribution >= 4 is 45.4 Å². The number of hydrogen-bond acceptors (Lipinski definition) is 7. The molecule has 0 radical (unpaired) electrons. The molecule has 2 bridgehead atoms. The van der Waals surface area contributed by atoms with E-state index in [0.717, 1.165) is 45.3 Å². The lowest BCUT2D eigenvalue weighted by molar-refractivity contribution is -0.144. The molecule has 4 saturated heterocycles. The first kappa shape index (κ1) is 31.5. The van der Waals surface area contributed by atoms with Crippen LogP contribution in [-0.4, -0.2) is 136 Å². The van der Waals surface area contributed by atoms with Gasteiger partial charge in [0.05, 0.1) is 29.8 Å². The number of carbonyl (C=O) groups is 3. The molecule has 11 heteroatoms. The van der Waals surface area contributed by atoms with Crippen LogP contribution in [0.1, 0.15) is 32.1 Å². The van der Waals surface area contributed by atoms with Crippen molar-refractivity contribution in [3.8, 4) is 0 Å². The SMILES string of the molecule is C=CCN(C)C(=O)[C@H]1[C@H]2C(=O)N(CCCCCCO)C(C(=O)N(CC=C)CCN3CCOCC3)C23CC(Br)[C@@H]1S3. The number of carbonyl (C=O) groups excluding carboxylic acids is 3. The van der Waals surface area contributed by atoms with Gasteiger partial charge in [-0.2, -0.15) is 0 Å². The van der Waals surface area contributed by atoms with Gasteiger partial charge >= 0.3 is 0 Å². The number of nitrogens with zero attached hydrogens (tertiary/aromatic N) is 4. The molecule has 4 aliphatic rings. The van der Waals surface area contributed by atoms with Gasteiger partial charge in [-0.1, -0.05) is 40.9 Å². The Labute approximate surface area is 251 Å². The molecule has 0 aromatic heterocycles. The second-order valence-electron chi connectivity index (χ2n) is 11.4. The fraction of sp³-hybridized carbons (Fsp3) is 0.759. The summed E-state index contributed by atoms with van der Waals surface area (Å²) in [6, 6.07) is -0.620. The fourth-order valence-electron chi connectivity index (χ4n) is 6.92. The highest BCUT2D eigenvalue weighted by atomic mass is 79.9. The van der Waals surface area contributed by atoms with E-state index < -0.39 is 22.6 Å². The number of likely N-dealkylation sites (tertiary alicyclic amines) is 1. The highest BCUT2D eigenvalue weighted by Crippen LogP contribution is 2.68. The molecule has 3 unspecified atom stereocenters. The lowest BCUT2D eigenvalue weighted by atomic mass is 9.70. The highest BCUT2D eigenvalue weighted by molar-refractivity contribution is 9.09. The van der Waals surface area contributed by atoms with Crippen LogP contribution in [0, 0.1) is 11.8 Å². The van der Waals surface area contributed by atoms with Crippen LogP contribution in [0.4, 0.5) is 0 Å². The summed E-state index contributed by atoms with van der Waals surface area (Å²) in [4.78, 5) is 50.1. The summed E-state index contributed by atoms with van der Waals surface area (Å²) in [6.07, 6.45) is 7.37. The third-order valence-corrected chi connectivity index (χ3v) is 12.1. The number of hydrogen-bond donors (Lipinski definition) is 1. The van der Waals surface area contributed by atoms with Crippen molar-refractivity contribution in [1.82, 2.24) is 19.6 Å². The molecule has 0 aliphatic carbocycles. The van der Waals surface area contributed by atoms with Crippen molar-refractivity contribution in [2.24, 2.45) is 11.8 Å². The zero-order valence-corrected chi connectivity index (χ0v) is 26.1. The number of unbranched alkanes of at least 4 members (excludes halogenated alkanes) is 3. The van der Waals surface area contributed by atoms with E-state index in [2.05, 4.69) is 34.0 Å². The predicted molar refractivity (Wildman–Crippen MR) is 161 cm³/mol. The zero-order chi connectivity index (χ0) is 28.9. The average molecular weight is 642 g/mol. The Morgan fingerprint density at radius 2 is 1.82 bits per heavy atom. The van der Waals surface area contributed by atoms with Crippen LogP contribution in [0.2, 0.25) is 0 Å². The van der Waals surface area contributed by atoms with Crippen LogP contribution < -0.4 is 0 Å². The van der Waals surface area contributed by atoms with Crippen molar-refractivity contribution in [2.45, 2.75) is 53.0 Å². The van der Waals surface area contributed by atoms with Gasteiger partial charge in [0.2, 0.25) is 17.7 Å². The number of rotatable bonds is 15. The summed E-state index contributed by atoms with van der Waals surface area (Å²) < 4.78 is 4.83. The van der Waals surface area contributed by atoms with Gasteiger partial charge in [-0.05, 0) is 19.3 Å². The first-order chi connectivity index (χ1) is 19.3. The van der Waals surface area contributed by atoms with Crippen molar-refractivity contribution in [3.05, 3.63) is 25.3 Å².